The van der Waals surface area contributed by atoms with Gasteiger partial charge in [0.25, 0.3) is 5.91 Å². The van der Waals surface area contributed by atoms with Crippen molar-refractivity contribution in [3.05, 3.63) is 32.7 Å². The van der Waals surface area contributed by atoms with Gasteiger partial charge in [-0.2, -0.15) is 4.39 Å². The average Bonchev–Trinajstić information content (AvgIpc) is 3.54. The van der Waals surface area contributed by atoms with Gasteiger partial charge in [0.2, 0.25) is 5.91 Å². The van der Waals surface area contributed by atoms with E-state index in [-0.39, 0.29) is 41.5 Å². The summed E-state index contributed by atoms with van der Waals surface area (Å²) in [7, 11) is 0. The summed E-state index contributed by atoms with van der Waals surface area (Å²) in [4.78, 5) is 45.9. The van der Waals surface area contributed by atoms with Gasteiger partial charge in [-0.15, -0.1) is 11.3 Å². The van der Waals surface area contributed by atoms with Gasteiger partial charge in [0.05, 0.1) is 24.3 Å². The molecule has 2 aromatic rings. The van der Waals surface area contributed by atoms with Crippen molar-refractivity contribution in [3.63, 3.8) is 0 Å². The van der Waals surface area contributed by atoms with Crippen LogP contribution in [0.25, 0.3) is 0 Å². The molecule has 2 aromatic heterocycles. The van der Waals surface area contributed by atoms with Gasteiger partial charge in [0.15, 0.2) is 10.3 Å². The van der Waals surface area contributed by atoms with Crippen LogP contribution in [0.2, 0.25) is 0 Å². The molecule has 11 heteroatoms. The lowest BCUT2D eigenvalue weighted by molar-refractivity contribution is -0.154. The second kappa shape index (κ2) is 12.9. The summed E-state index contributed by atoms with van der Waals surface area (Å²) in [6, 6.07) is 1.63. The summed E-state index contributed by atoms with van der Waals surface area (Å²) in [5.74, 6) is -0.632. The Morgan fingerprint density at radius 2 is 2.05 bits per heavy atom. The molecule has 1 aliphatic heterocycles. The fourth-order valence-corrected chi connectivity index (χ4v) is 6.10. The SMILES string of the molecule is CCCCC(CC(=O)N1CCCC1c1cc(C(=O)Nc2ncc(F)s2)c(C)s1)NCC(=O)OC(C)(C)C. The number of nitrogens with zero attached hydrogens (tertiary/aromatic N) is 2. The minimum absolute atomic E-state index is 0.0376. The third-order valence-electron chi connectivity index (χ3n) is 6.06. The predicted molar refractivity (Wildman–Crippen MR) is 145 cm³/mol. The smallest absolute Gasteiger partial charge is 0.320 e. The Hall–Kier alpha value is -2.37. The van der Waals surface area contributed by atoms with Crippen molar-refractivity contribution in [1.29, 1.82) is 0 Å². The Morgan fingerprint density at radius 3 is 2.70 bits per heavy atom. The van der Waals surface area contributed by atoms with Crippen molar-refractivity contribution in [2.75, 3.05) is 18.4 Å². The maximum Gasteiger partial charge on any atom is 0.320 e. The standard InChI is InChI=1S/C26H37FN4O4S2/c1-6-7-9-17(28-15-23(33)35-26(3,4)5)12-22(32)31-11-8-10-19(31)20-13-18(16(2)36-20)24(34)30-25-29-14-21(27)37-25/h13-14,17,19,28H,6-12,15H2,1-5H3,(H,29,30,34). The van der Waals surface area contributed by atoms with Crippen molar-refractivity contribution in [2.45, 2.75) is 90.8 Å². The number of likely N-dealkylation sites (tertiary alicyclic amines) is 1. The molecule has 1 aliphatic rings. The minimum atomic E-state index is -0.554. The molecule has 1 fully saturated rings. The van der Waals surface area contributed by atoms with Crippen LogP contribution in [0.5, 0.6) is 0 Å². The van der Waals surface area contributed by atoms with Gasteiger partial charge in [-0.1, -0.05) is 31.1 Å². The van der Waals surface area contributed by atoms with Crippen molar-refractivity contribution < 1.29 is 23.5 Å². The number of thiazole rings is 1. The van der Waals surface area contributed by atoms with Crippen LogP contribution in [-0.2, 0) is 14.3 Å². The van der Waals surface area contributed by atoms with E-state index in [0.717, 1.165) is 59.4 Å². The van der Waals surface area contributed by atoms with E-state index in [1.165, 1.54) is 11.3 Å². The first-order valence-corrected chi connectivity index (χ1v) is 14.4. The molecule has 0 saturated carbocycles. The van der Waals surface area contributed by atoms with Gasteiger partial charge in [-0.05, 0) is 53.0 Å². The number of thiophene rings is 1. The van der Waals surface area contributed by atoms with E-state index in [1.807, 2.05) is 38.7 Å². The predicted octanol–water partition coefficient (Wildman–Crippen LogP) is 5.45. The van der Waals surface area contributed by atoms with Gasteiger partial charge in [-0.25, -0.2) is 4.98 Å². The Balaban J connectivity index is 1.65. The maximum atomic E-state index is 13.4. The molecule has 3 heterocycles. The summed E-state index contributed by atoms with van der Waals surface area (Å²) in [5, 5.41) is 5.63. The molecule has 0 aliphatic carbocycles. The van der Waals surface area contributed by atoms with Crippen LogP contribution in [0.15, 0.2) is 12.3 Å². The molecule has 0 bridgehead atoms. The molecular weight excluding hydrogens is 515 g/mol. The van der Waals surface area contributed by atoms with Crippen LogP contribution in [0, 0.1) is 12.1 Å². The quantitative estimate of drug-likeness (QED) is 0.360. The summed E-state index contributed by atoms with van der Waals surface area (Å²) in [6.07, 6.45) is 5.83. The fraction of sp³-hybridized carbons (Fsp3) is 0.615. The van der Waals surface area contributed by atoms with Crippen LogP contribution in [0.1, 0.15) is 92.4 Å². The number of amides is 2. The number of carbonyl (C=O) groups excluding carboxylic acids is 3. The van der Waals surface area contributed by atoms with E-state index in [1.54, 1.807) is 0 Å². The van der Waals surface area contributed by atoms with Gasteiger partial charge >= 0.3 is 5.97 Å². The van der Waals surface area contributed by atoms with Gasteiger partial charge in [0, 0.05) is 28.8 Å². The van der Waals surface area contributed by atoms with E-state index < -0.39 is 10.7 Å². The van der Waals surface area contributed by atoms with E-state index in [0.29, 0.717) is 18.5 Å². The molecule has 2 atom stereocenters. The second-order valence-corrected chi connectivity index (χ2v) is 12.6. The highest BCUT2D eigenvalue weighted by Crippen LogP contribution is 2.38. The lowest BCUT2D eigenvalue weighted by atomic mass is 10.0. The molecule has 1 saturated heterocycles. The number of carbonyl (C=O) groups is 3. The first-order valence-electron chi connectivity index (χ1n) is 12.7. The third-order valence-corrected chi connectivity index (χ3v) is 7.92. The number of unbranched alkanes of at least 4 members (excludes halogenated alkanes) is 1. The number of halogens is 1. The molecule has 2 N–H and O–H groups in total. The molecule has 0 radical (unpaired) electrons. The average molecular weight is 553 g/mol. The summed E-state index contributed by atoms with van der Waals surface area (Å²) in [5.41, 5.74) is -0.0452. The van der Waals surface area contributed by atoms with Gasteiger partial charge < -0.3 is 15.0 Å². The van der Waals surface area contributed by atoms with Crippen LogP contribution in [-0.4, -0.2) is 52.4 Å². The molecule has 37 heavy (non-hydrogen) atoms. The first kappa shape index (κ1) is 29.2. The van der Waals surface area contributed by atoms with Crippen molar-refractivity contribution in [1.82, 2.24) is 15.2 Å². The zero-order valence-electron chi connectivity index (χ0n) is 22.2. The highest BCUT2D eigenvalue weighted by molar-refractivity contribution is 7.14. The number of rotatable bonds is 11. The van der Waals surface area contributed by atoms with Crippen molar-refractivity contribution in [3.8, 4) is 0 Å². The number of nitrogens with one attached hydrogen (secondary N) is 2. The lowest BCUT2D eigenvalue weighted by Gasteiger charge is -2.27. The number of ether oxygens (including phenoxy) is 1. The van der Waals surface area contributed by atoms with Crippen LogP contribution in [0.4, 0.5) is 9.52 Å². The summed E-state index contributed by atoms with van der Waals surface area (Å²) in [6.45, 7) is 10.2. The van der Waals surface area contributed by atoms with Crippen molar-refractivity contribution in [2.24, 2.45) is 0 Å². The Bertz CT molecular complexity index is 1090. The third kappa shape index (κ3) is 8.58. The van der Waals surface area contributed by atoms with E-state index in [4.69, 9.17) is 4.74 Å². The minimum Gasteiger partial charge on any atom is -0.459 e. The van der Waals surface area contributed by atoms with Gasteiger partial charge in [-0.3, -0.25) is 19.7 Å². The maximum absolute atomic E-state index is 13.4. The van der Waals surface area contributed by atoms with E-state index in [9.17, 15) is 18.8 Å². The normalized spacial score (nSPS) is 16.6. The second-order valence-electron chi connectivity index (χ2n) is 10.3. The summed E-state index contributed by atoms with van der Waals surface area (Å²) < 4.78 is 18.6. The number of aromatic nitrogens is 1. The molecule has 8 nitrogen and oxygen atoms in total. The number of hydrogen-bond donors (Lipinski definition) is 2. The fourth-order valence-electron chi connectivity index (χ4n) is 4.39. The van der Waals surface area contributed by atoms with E-state index >= 15 is 0 Å². The molecule has 204 valence electrons. The van der Waals surface area contributed by atoms with Crippen LogP contribution in [0.3, 0.4) is 0 Å². The number of hydrogen-bond acceptors (Lipinski definition) is 8. The Labute approximate surface area is 226 Å². The molecular formula is C26H37FN4O4S2. The Kier molecular flexibility index (Phi) is 10.2. The van der Waals surface area contributed by atoms with E-state index in [2.05, 4.69) is 22.5 Å². The molecule has 2 amide bonds. The molecule has 0 spiro atoms. The van der Waals surface area contributed by atoms with Crippen LogP contribution < -0.4 is 10.6 Å². The first-order chi connectivity index (χ1) is 17.5. The molecule has 2 unspecified atom stereocenters. The lowest BCUT2D eigenvalue weighted by Crippen LogP contribution is -2.41. The topological polar surface area (TPSA) is 101 Å². The zero-order chi connectivity index (χ0) is 27.2. The number of anilines is 1. The monoisotopic (exact) mass is 552 g/mol. The van der Waals surface area contributed by atoms with Crippen LogP contribution >= 0.6 is 22.7 Å². The highest BCUT2D eigenvalue weighted by Gasteiger charge is 2.33. The molecule has 3 rings (SSSR count). The van der Waals surface area contributed by atoms with Crippen molar-refractivity contribution >= 4 is 45.6 Å². The number of aryl methyl sites for hydroxylation is 1. The zero-order valence-corrected chi connectivity index (χ0v) is 23.8. The molecule has 0 aromatic carbocycles. The number of esters is 1. The Morgan fingerprint density at radius 1 is 1.30 bits per heavy atom. The largest absolute Gasteiger partial charge is 0.459 e. The summed E-state index contributed by atoms with van der Waals surface area (Å²) >= 11 is 2.28. The highest BCUT2D eigenvalue weighted by atomic mass is 32.1. The van der Waals surface area contributed by atoms with Gasteiger partial charge in [0.1, 0.15) is 5.60 Å².